The minimum atomic E-state index is -0.362. The Morgan fingerprint density at radius 3 is 2.73 bits per heavy atom. The molecule has 0 amide bonds. The number of nitriles is 1. The molecule has 0 aliphatic heterocycles. The number of hydrogen-bond acceptors (Lipinski definition) is 3. The van der Waals surface area contributed by atoms with Gasteiger partial charge in [0.05, 0.1) is 17.4 Å². The number of aliphatic hydroxyl groups is 1. The molecule has 9 atom stereocenters. The fourth-order valence-corrected chi connectivity index (χ4v) is 9.61. The maximum absolute atomic E-state index is 11.2. The second-order valence-electron chi connectivity index (χ2n) is 12.8. The first-order valence-electron chi connectivity index (χ1n) is 14.0. The average Bonchev–Trinajstić information content (AvgIpc) is 3.40. The van der Waals surface area contributed by atoms with Gasteiger partial charge in [0.2, 0.25) is 0 Å². The molecule has 5 rings (SSSR count). The number of unbranched alkanes of at least 4 members (excludes halogenated alkanes) is 1. The van der Waals surface area contributed by atoms with Gasteiger partial charge < -0.3 is 5.11 Å². The summed E-state index contributed by atoms with van der Waals surface area (Å²) < 4.78 is 2.00. The fraction of sp³-hybridized carbons (Fsp3) is 0.862. The van der Waals surface area contributed by atoms with Gasteiger partial charge in [0, 0.05) is 12.7 Å². The molecule has 1 aromatic heterocycles. The molecule has 4 saturated carbocycles. The number of hydrogen-bond donors (Lipinski definition) is 1. The van der Waals surface area contributed by atoms with Gasteiger partial charge in [-0.25, -0.2) is 0 Å². The molecule has 1 N–H and O–H groups in total. The molecular formula is C29H45N3O. The zero-order valence-electron chi connectivity index (χ0n) is 21.2. The summed E-state index contributed by atoms with van der Waals surface area (Å²) in [6.45, 7) is 8.23. The van der Waals surface area contributed by atoms with E-state index >= 15 is 0 Å². The van der Waals surface area contributed by atoms with E-state index < -0.39 is 0 Å². The molecule has 0 aromatic carbocycles. The lowest BCUT2D eigenvalue weighted by Gasteiger charge is -2.57. The van der Waals surface area contributed by atoms with Crippen molar-refractivity contribution in [3.8, 4) is 6.07 Å². The van der Waals surface area contributed by atoms with E-state index in [4.69, 9.17) is 5.26 Å². The third-order valence-electron chi connectivity index (χ3n) is 11.1. The first kappa shape index (κ1) is 23.4. The quantitative estimate of drug-likeness (QED) is 0.531. The Kier molecular flexibility index (Phi) is 6.40. The molecule has 4 fully saturated rings. The van der Waals surface area contributed by atoms with Crippen LogP contribution in [0.2, 0.25) is 0 Å². The lowest BCUT2D eigenvalue weighted by atomic mass is 9.48. The summed E-state index contributed by atoms with van der Waals surface area (Å²) in [5.74, 6) is 5.73. The van der Waals surface area contributed by atoms with Gasteiger partial charge in [-0.1, -0.05) is 33.6 Å². The molecule has 4 nitrogen and oxygen atoms in total. The van der Waals surface area contributed by atoms with Crippen LogP contribution in [0.5, 0.6) is 0 Å². The molecule has 1 heterocycles. The molecule has 0 spiro atoms. The normalized spacial score (nSPS) is 43.2. The van der Waals surface area contributed by atoms with Gasteiger partial charge in [-0.15, -0.1) is 0 Å². The van der Waals surface area contributed by atoms with Crippen molar-refractivity contribution in [3.05, 3.63) is 18.0 Å². The van der Waals surface area contributed by atoms with Gasteiger partial charge in [-0.2, -0.15) is 10.4 Å². The third-order valence-corrected chi connectivity index (χ3v) is 11.1. The summed E-state index contributed by atoms with van der Waals surface area (Å²) in [6.07, 6.45) is 18.7. The van der Waals surface area contributed by atoms with Crippen LogP contribution in [-0.4, -0.2) is 20.5 Å². The maximum Gasteiger partial charge on any atom is 0.102 e. The van der Waals surface area contributed by atoms with E-state index in [2.05, 4.69) is 31.9 Å². The molecule has 182 valence electrons. The van der Waals surface area contributed by atoms with E-state index in [1.807, 2.05) is 10.9 Å². The minimum Gasteiger partial charge on any atom is -0.390 e. The van der Waals surface area contributed by atoms with E-state index in [-0.39, 0.29) is 5.60 Å². The first-order valence-corrected chi connectivity index (χ1v) is 14.0. The van der Waals surface area contributed by atoms with Crippen LogP contribution in [0.15, 0.2) is 12.4 Å². The van der Waals surface area contributed by atoms with Crippen molar-refractivity contribution >= 4 is 0 Å². The Bertz CT molecular complexity index is 872. The highest BCUT2D eigenvalue weighted by molar-refractivity contribution is 5.21. The Morgan fingerprint density at radius 2 is 1.97 bits per heavy atom. The van der Waals surface area contributed by atoms with Gasteiger partial charge in [0.25, 0.3) is 0 Å². The molecule has 0 unspecified atom stereocenters. The van der Waals surface area contributed by atoms with Crippen LogP contribution in [0.4, 0.5) is 0 Å². The van der Waals surface area contributed by atoms with Gasteiger partial charge in [-0.05, 0) is 111 Å². The van der Waals surface area contributed by atoms with Crippen molar-refractivity contribution in [3.63, 3.8) is 0 Å². The highest BCUT2D eigenvalue weighted by Gasteiger charge is 2.58. The summed E-state index contributed by atoms with van der Waals surface area (Å²) in [6, 6.07) is 2.21. The SMILES string of the molecule is CCCC[C@@]1(O)CC[C@H]2[C@@H](CC[C@@H]3[C@@H]2CC[C@]2(C)[C@@H]([C@H](C)Cn4cc(C#N)cn4)CC[C@@H]32)C1. The van der Waals surface area contributed by atoms with Crippen LogP contribution >= 0.6 is 0 Å². The Labute approximate surface area is 201 Å². The molecule has 0 bridgehead atoms. The smallest absolute Gasteiger partial charge is 0.102 e. The van der Waals surface area contributed by atoms with Crippen LogP contribution in [0, 0.1) is 58.2 Å². The van der Waals surface area contributed by atoms with Crippen molar-refractivity contribution in [2.45, 2.75) is 110 Å². The van der Waals surface area contributed by atoms with Crippen molar-refractivity contribution in [2.24, 2.45) is 46.8 Å². The zero-order chi connectivity index (χ0) is 23.2. The monoisotopic (exact) mass is 451 g/mol. The van der Waals surface area contributed by atoms with E-state index in [9.17, 15) is 5.11 Å². The molecule has 33 heavy (non-hydrogen) atoms. The minimum absolute atomic E-state index is 0.362. The molecular weight excluding hydrogens is 406 g/mol. The number of nitrogens with zero attached hydrogens (tertiary/aromatic N) is 3. The van der Waals surface area contributed by atoms with Crippen molar-refractivity contribution < 1.29 is 5.11 Å². The summed E-state index contributed by atoms with van der Waals surface area (Å²) in [4.78, 5) is 0. The van der Waals surface area contributed by atoms with Crippen LogP contribution in [-0.2, 0) is 6.54 Å². The maximum atomic E-state index is 11.2. The highest BCUT2D eigenvalue weighted by atomic mass is 16.3. The van der Waals surface area contributed by atoms with Crippen molar-refractivity contribution in [1.29, 1.82) is 5.26 Å². The number of rotatable bonds is 6. The van der Waals surface area contributed by atoms with Crippen LogP contribution < -0.4 is 0 Å². The van der Waals surface area contributed by atoms with Crippen molar-refractivity contribution in [2.75, 3.05) is 0 Å². The Morgan fingerprint density at radius 1 is 1.15 bits per heavy atom. The van der Waals surface area contributed by atoms with Crippen LogP contribution in [0.3, 0.4) is 0 Å². The summed E-state index contributed by atoms with van der Waals surface area (Å²) in [5, 5.41) is 24.8. The average molecular weight is 452 g/mol. The zero-order valence-corrected chi connectivity index (χ0v) is 21.2. The first-order chi connectivity index (χ1) is 15.9. The summed E-state index contributed by atoms with van der Waals surface area (Å²) in [7, 11) is 0. The number of fused-ring (bicyclic) bond motifs is 5. The van der Waals surface area contributed by atoms with Crippen LogP contribution in [0.25, 0.3) is 0 Å². The predicted molar refractivity (Wildman–Crippen MR) is 131 cm³/mol. The summed E-state index contributed by atoms with van der Waals surface area (Å²) in [5.41, 5.74) is 0.776. The number of aromatic nitrogens is 2. The second-order valence-corrected chi connectivity index (χ2v) is 12.8. The second kappa shape index (κ2) is 9.03. The largest absolute Gasteiger partial charge is 0.390 e. The van der Waals surface area contributed by atoms with E-state index in [1.165, 1.54) is 57.8 Å². The summed E-state index contributed by atoms with van der Waals surface area (Å²) >= 11 is 0. The van der Waals surface area contributed by atoms with Gasteiger partial charge >= 0.3 is 0 Å². The topological polar surface area (TPSA) is 61.8 Å². The molecule has 0 radical (unpaired) electrons. The van der Waals surface area contributed by atoms with Gasteiger partial charge in [0.15, 0.2) is 0 Å². The Balaban J connectivity index is 1.26. The predicted octanol–water partition coefficient (Wildman–Crippen LogP) is 6.58. The van der Waals surface area contributed by atoms with Gasteiger partial charge in [0.1, 0.15) is 6.07 Å². The third kappa shape index (κ3) is 4.18. The molecule has 4 aliphatic rings. The highest BCUT2D eigenvalue weighted by Crippen LogP contribution is 2.65. The molecule has 4 aliphatic carbocycles. The lowest BCUT2D eigenvalue weighted by Crippen LogP contribution is -2.51. The lowest BCUT2D eigenvalue weighted by molar-refractivity contribution is -0.111. The van der Waals surface area contributed by atoms with E-state index in [1.54, 1.807) is 6.20 Å². The Hall–Kier alpha value is -1.34. The molecule has 0 saturated heterocycles. The standard InChI is InChI=1S/C29H45N3O/c1-4-5-12-29(33)14-11-23-22(15-29)6-7-25-24(23)10-13-28(3)26(8-9-27(25)28)20(2)18-32-19-21(16-30)17-31-32/h17,19-20,22-27,33H,4-15,18H2,1-3H3/t20-,22+,23+,24-,25-,26-,27+,28-,29-/m1/s1. The molecule has 1 aromatic rings. The van der Waals surface area contributed by atoms with E-state index in [0.717, 1.165) is 61.3 Å². The fourth-order valence-electron chi connectivity index (χ4n) is 9.61. The van der Waals surface area contributed by atoms with Crippen molar-refractivity contribution in [1.82, 2.24) is 9.78 Å². The van der Waals surface area contributed by atoms with Crippen LogP contribution in [0.1, 0.15) is 103 Å². The molecule has 4 heteroatoms. The van der Waals surface area contributed by atoms with E-state index in [0.29, 0.717) is 16.9 Å². The van der Waals surface area contributed by atoms with Gasteiger partial charge in [-0.3, -0.25) is 4.68 Å².